The molecule has 0 unspecified atom stereocenters. The van der Waals surface area contributed by atoms with Crippen molar-refractivity contribution in [1.82, 2.24) is 0 Å². The molecule has 2 heteroatoms. The molecule has 3 rings (SSSR count). The molecule has 1 aliphatic heterocycles. The van der Waals surface area contributed by atoms with E-state index in [1.807, 2.05) is 38.1 Å². The van der Waals surface area contributed by atoms with E-state index in [4.69, 9.17) is 0 Å². The Bertz CT molecular complexity index is 703. The second-order valence-electron chi connectivity index (χ2n) is 5.08. The minimum Gasteiger partial charge on any atom is -0.287 e. The van der Waals surface area contributed by atoms with Gasteiger partial charge in [-0.15, -0.1) is 0 Å². The van der Waals surface area contributed by atoms with Gasteiger partial charge in [0.2, 0.25) is 5.78 Å². The van der Waals surface area contributed by atoms with Gasteiger partial charge in [-0.25, -0.2) is 4.99 Å². The number of hydrogen-bond donors (Lipinski definition) is 0. The van der Waals surface area contributed by atoms with Gasteiger partial charge >= 0.3 is 0 Å². The van der Waals surface area contributed by atoms with E-state index >= 15 is 0 Å². The highest BCUT2D eigenvalue weighted by molar-refractivity contribution is 6.55. The third kappa shape index (κ3) is 1.80. The number of carbonyl (C=O) groups is 1. The number of Topliss-reactive ketones (excluding diaryl/α,β-unsaturated/α-hetero) is 1. The Morgan fingerprint density at radius 3 is 2.21 bits per heavy atom. The van der Waals surface area contributed by atoms with Crippen molar-refractivity contribution in [2.24, 2.45) is 4.99 Å². The van der Waals surface area contributed by atoms with Crippen LogP contribution in [0.4, 0.5) is 5.69 Å². The summed E-state index contributed by atoms with van der Waals surface area (Å²) >= 11 is 0. The molecule has 0 fully saturated rings. The van der Waals surface area contributed by atoms with Crippen LogP contribution >= 0.6 is 0 Å². The molecular weight excluding hydrogens is 234 g/mol. The predicted octanol–water partition coefficient (Wildman–Crippen LogP) is 3.93. The van der Waals surface area contributed by atoms with E-state index in [0.29, 0.717) is 11.3 Å². The molecule has 0 aliphatic carbocycles. The fraction of sp³-hybridized carbons (Fsp3) is 0.176. The summed E-state index contributed by atoms with van der Waals surface area (Å²) in [4.78, 5) is 17.0. The lowest BCUT2D eigenvalue weighted by Crippen LogP contribution is -2.14. The molecule has 2 nitrogen and oxygen atoms in total. The first-order valence-electron chi connectivity index (χ1n) is 6.38. The monoisotopic (exact) mass is 249 g/mol. The molecular formula is C17H15NO. The zero-order chi connectivity index (χ0) is 13.6. The number of hydrogen-bond acceptors (Lipinski definition) is 2. The zero-order valence-electron chi connectivity index (χ0n) is 11.3. The first kappa shape index (κ1) is 11.8. The van der Waals surface area contributed by atoms with Gasteiger partial charge in [-0.05, 0) is 44.0 Å². The van der Waals surface area contributed by atoms with E-state index in [-0.39, 0.29) is 5.78 Å². The third-order valence-corrected chi connectivity index (χ3v) is 3.51. The largest absolute Gasteiger partial charge is 0.287 e. The summed E-state index contributed by atoms with van der Waals surface area (Å²) in [6, 6.07) is 11.7. The highest BCUT2D eigenvalue weighted by Gasteiger charge is 2.27. The van der Waals surface area contributed by atoms with Crippen LogP contribution in [0, 0.1) is 20.8 Å². The minimum absolute atomic E-state index is 0.0330. The summed E-state index contributed by atoms with van der Waals surface area (Å²) in [5.41, 5.74) is 6.47. The van der Waals surface area contributed by atoms with Gasteiger partial charge in [-0.2, -0.15) is 0 Å². The number of carbonyl (C=O) groups excluding carboxylic acids is 1. The van der Waals surface area contributed by atoms with Gasteiger partial charge in [0, 0.05) is 11.1 Å². The molecule has 0 atom stereocenters. The van der Waals surface area contributed by atoms with Crippen molar-refractivity contribution in [2.45, 2.75) is 20.8 Å². The van der Waals surface area contributed by atoms with Gasteiger partial charge < -0.3 is 0 Å². The van der Waals surface area contributed by atoms with Gasteiger partial charge in [0.05, 0.1) is 5.69 Å². The minimum atomic E-state index is 0.0330. The molecule has 94 valence electrons. The Morgan fingerprint density at radius 2 is 1.58 bits per heavy atom. The maximum atomic E-state index is 12.5. The number of para-hydroxylation sites is 1. The first-order valence-corrected chi connectivity index (χ1v) is 6.38. The van der Waals surface area contributed by atoms with E-state index in [1.165, 1.54) is 5.56 Å². The van der Waals surface area contributed by atoms with Crippen molar-refractivity contribution in [2.75, 3.05) is 0 Å². The number of ketones is 1. The summed E-state index contributed by atoms with van der Waals surface area (Å²) in [6.45, 7) is 6.14. The molecule has 19 heavy (non-hydrogen) atoms. The van der Waals surface area contributed by atoms with Gasteiger partial charge in [0.15, 0.2) is 0 Å². The van der Waals surface area contributed by atoms with Crippen LogP contribution < -0.4 is 0 Å². The molecule has 1 heterocycles. The third-order valence-electron chi connectivity index (χ3n) is 3.51. The molecule has 0 amide bonds. The number of aliphatic imine (C=N–C) groups is 1. The highest BCUT2D eigenvalue weighted by atomic mass is 16.1. The average Bonchev–Trinajstić information content (AvgIpc) is 2.66. The normalized spacial score (nSPS) is 13.4. The average molecular weight is 249 g/mol. The Labute approximate surface area is 112 Å². The summed E-state index contributed by atoms with van der Waals surface area (Å²) in [5.74, 6) is 0.0330. The maximum absolute atomic E-state index is 12.5. The number of benzene rings is 2. The zero-order valence-corrected chi connectivity index (χ0v) is 11.3. The van der Waals surface area contributed by atoms with Gasteiger partial charge in [-0.3, -0.25) is 4.79 Å². The fourth-order valence-corrected chi connectivity index (χ4v) is 2.78. The van der Waals surface area contributed by atoms with Crippen LogP contribution in [-0.4, -0.2) is 11.5 Å². The van der Waals surface area contributed by atoms with E-state index in [2.05, 4.69) is 24.0 Å². The van der Waals surface area contributed by atoms with Crippen LogP contribution in [0.3, 0.4) is 0 Å². The van der Waals surface area contributed by atoms with Crippen LogP contribution in [0.25, 0.3) is 0 Å². The number of rotatable bonds is 1. The van der Waals surface area contributed by atoms with Crippen LogP contribution in [0.2, 0.25) is 0 Å². The van der Waals surface area contributed by atoms with Crippen molar-refractivity contribution < 1.29 is 4.79 Å². The first-order chi connectivity index (χ1) is 9.08. The van der Waals surface area contributed by atoms with Gasteiger partial charge in [0.25, 0.3) is 0 Å². The molecule has 0 saturated carbocycles. The van der Waals surface area contributed by atoms with Gasteiger partial charge in [0.1, 0.15) is 5.71 Å². The Kier molecular flexibility index (Phi) is 2.59. The van der Waals surface area contributed by atoms with Gasteiger partial charge in [-0.1, -0.05) is 29.8 Å². The molecule has 0 spiro atoms. The van der Waals surface area contributed by atoms with E-state index in [1.54, 1.807) is 0 Å². The fourth-order valence-electron chi connectivity index (χ4n) is 2.78. The Balaban J connectivity index is 2.19. The van der Waals surface area contributed by atoms with Crippen LogP contribution in [0.5, 0.6) is 0 Å². The quantitative estimate of drug-likeness (QED) is 0.753. The van der Waals surface area contributed by atoms with Crippen molar-refractivity contribution in [3.8, 4) is 0 Å². The van der Waals surface area contributed by atoms with E-state index < -0.39 is 0 Å². The lowest BCUT2D eigenvalue weighted by Gasteiger charge is -2.10. The Hall–Kier alpha value is -2.22. The number of fused-ring (bicyclic) bond motifs is 1. The number of nitrogens with zero attached hydrogens (tertiary/aromatic N) is 1. The van der Waals surface area contributed by atoms with Crippen molar-refractivity contribution in [3.05, 3.63) is 64.2 Å². The molecule has 0 bridgehead atoms. The van der Waals surface area contributed by atoms with E-state index in [9.17, 15) is 4.79 Å². The second-order valence-corrected chi connectivity index (χ2v) is 5.08. The van der Waals surface area contributed by atoms with Crippen molar-refractivity contribution >= 4 is 17.2 Å². The molecule has 2 aromatic rings. The highest BCUT2D eigenvalue weighted by Crippen LogP contribution is 2.30. The molecule has 2 aromatic carbocycles. The van der Waals surface area contributed by atoms with Crippen molar-refractivity contribution in [1.29, 1.82) is 0 Å². The standard InChI is InChI=1S/C17H15NO/c1-10-8-11(2)15(12(3)9-10)16-17(19)13-6-4-5-7-14(13)18-16/h4-9H,1-3H3. The smallest absolute Gasteiger partial charge is 0.214 e. The summed E-state index contributed by atoms with van der Waals surface area (Å²) in [7, 11) is 0. The maximum Gasteiger partial charge on any atom is 0.214 e. The van der Waals surface area contributed by atoms with E-state index in [0.717, 1.165) is 22.4 Å². The molecule has 0 aromatic heterocycles. The molecule has 0 saturated heterocycles. The predicted molar refractivity (Wildman–Crippen MR) is 77.6 cm³/mol. The second kappa shape index (κ2) is 4.16. The van der Waals surface area contributed by atoms with Crippen molar-refractivity contribution in [3.63, 3.8) is 0 Å². The molecule has 0 N–H and O–H groups in total. The molecule has 0 radical (unpaired) electrons. The summed E-state index contributed by atoms with van der Waals surface area (Å²) in [6.07, 6.45) is 0. The lowest BCUT2D eigenvalue weighted by atomic mass is 9.93. The topological polar surface area (TPSA) is 29.4 Å². The molecule has 1 aliphatic rings. The SMILES string of the molecule is Cc1cc(C)c(C2=Nc3ccccc3C2=O)c(C)c1. The van der Waals surface area contributed by atoms with Crippen LogP contribution in [0.15, 0.2) is 41.4 Å². The number of aryl methyl sites for hydroxylation is 3. The lowest BCUT2D eigenvalue weighted by molar-refractivity contribution is 0.107. The van der Waals surface area contributed by atoms with Crippen LogP contribution in [0.1, 0.15) is 32.6 Å². The summed E-state index contributed by atoms with van der Waals surface area (Å²) in [5, 5.41) is 0. The Morgan fingerprint density at radius 1 is 0.947 bits per heavy atom. The van der Waals surface area contributed by atoms with Crippen LogP contribution in [-0.2, 0) is 0 Å². The summed E-state index contributed by atoms with van der Waals surface area (Å²) < 4.78 is 0.